The summed E-state index contributed by atoms with van der Waals surface area (Å²) in [6.07, 6.45) is 4.37. The van der Waals surface area contributed by atoms with E-state index >= 15 is 0 Å². The second-order valence-corrected chi connectivity index (χ2v) is 6.28. The normalized spacial score (nSPS) is 16.3. The van der Waals surface area contributed by atoms with Gasteiger partial charge in [0.05, 0.1) is 6.61 Å². The molecule has 0 bridgehead atoms. The zero-order valence-corrected chi connectivity index (χ0v) is 13.5. The second kappa shape index (κ2) is 5.44. The van der Waals surface area contributed by atoms with Crippen molar-refractivity contribution in [2.75, 3.05) is 24.6 Å². The highest BCUT2D eigenvalue weighted by Gasteiger charge is 2.27. The van der Waals surface area contributed by atoms with Crippen LogP contribution < -0.4 is 10.5 Å². The molecule has 120 valence electrons. The van der Waals surface area contributed by atoms with Gasteiger partial charge in [-0.05, 0) is 50.3 Å². The van der Waals surface area contributed by atoms with Crippen molar-refractivity contribution in [3.63, 3.8) is 0 Å². The molecule has 2 aliphatic heterocycles. The standard InChI is InChI=1S/C19H21NO3/c1-3-22-12(2)16-11-14-10-13-6-4-8-20-9-5-7-15(17(13)20)18(14)23-19(16)21/h10-11H,2-9H2,1H3. The van der Waals surface area contributed by atoms with E-state index in [4.69, 9.17) is 9.15 Å². The predicted octanol–water partition coefficient (Wildman–Crippen LogP) is 3.50. The summed E-state index contributed by atoms with van der Waals surface area (Å²) >= 11 is 0. The minimum atomic E-state index is -0.361. The Kier molecular flexibility index (Phi) is 3.40. The van der Waals surface area contributed by atoms with Crippen LogP contribution in [0.4, 0.5) is 5.69 Å². The lowest BCUT2D eigenvalue weighted by Gasteiger charge is -2.37. The van der Waals surface area contributed by atoms with Gasteiger partial charge in [-0.25, -0.2) is 4.79 Å². The number of anilines is 1. The van der Waals surface area contributed by atoms with Crippen LogP contribution in [0.2, 0.25) is 0 Å². The summed E-state index contributed by atoms with van der Waals surface area (Å²) in [5.74, 6) is 0.385. The van der Waals surface area contributed by atoms with Gasteiger partial charge in [-0.2, -0.15) is 0 Å². The summed E-state index contributed by atoms with van der Waals surface area (Å²) in [6, 6.07) is 4.06. The number of ether oxygens (including phenoxy) is 1. The molecule has 4 rings (SSSR count). The molecule has 0 unspecified atom stereocenters. The van der Waals surface area contributed by atoms with E-state index in [1.807, 2.05) is 13.0 Å². The Morgan fingerprint density at radius 1 is 1.30 bits per heavy atom. The van der Waals surface area contributed by atoms with Gasteiger partial charge in [0.25, 0.3) is 0 Å². The number of nitrogens with zero attached hydrogens (tertiary/aromatic N) is 1. The van der Waals surface area contributed by atoms with Gasteiger partial charge in [-0.1, -0.05) is 6.58 Å². The summed E-state index contributed by atoms with van der Waals surface area (Å²) in [4.78, 5) is 14.8. The first-order valence-electron chi connectivity index (χ1n) is 8.38. The molecule has 0 saturated carbocycles. The van der Waals surface area contributed by atoms with Crippen molar-refractivity contribution in [1.29, 1.82) is 0 Å². The lowest BCUT2D eigenvalue weighted by atomic mass is 9.90. The van der Waals surface area contributed by atoms with Crippen molar-refractivity contribution in [2.45, 2.75) is 32.6 Å². The molecule has 0 radical (unpaired) electrons. The van der Waals surface area contributed by atoms with Crippen LogP contribution in [-0.2, 0) is 17.6 Å². The number of fused-ring (bicyclic) bond motifs is 2. The molecule has 23 heavy (non-hydrogen) atoms. The van der Waals surface area contributed by atoms with Crippen LogP contribution in [-0.4, -0.2) is 19.7 Å². The summed E-state index contributed by atoms with van der Waals surface area (Å²) in [7, 11) is 0. The lowest BCUT2D eigenvalue weighted by Crippen LogP contribution is -2.34. The van der Waals surface area contributed by atoms with Crippen molar-refractivity contribution < 1.29 is 9.15 Å². The van der Waals surface area contributed by atoms with E-state index in [1.54, 1.807) is 0 Å². The topological polar surface area (TPSA) is 42.7 Å². The molecule has 0 spiro atoms. The maximum atomic E-state index is 12.4. The van der Waals surface area contributed by atoms with Crippen molar-refractivity contribution in [3.05, 3.63) is 45.8 Å². The zero-order valence-electron chi connectivity index (χ0n) is 13.5. The van der Waals surface area contributed by atoms with Gasteiger partial charge in [-0.15, -0.1) is 0 Å². The van der Waals surface area contributed by atoms with E-state index < -0.39 is 0 Å². The van der Waals surface area contributed by atoms with Gasteiger partial charge >= 0.3 is 5.63 Å². The van der Waals surface area contributed by atoms with E-state index in [0.717, 1.165) is 43.3 Å². The third kappa shape index (κ3) is 2.24. The van der Waals surface area contributed by atoms with Gasteiger partial charge in [0, 0.05) is 29.7 Å². The monoisotopic (exact) mass is 311 g/mol. The first kappa shape index (κ1) is 14.4. The van der Waals surface area contributed by atoms with Crippen LogP contribution >= 0.6 is 0 Å². The highest BCUT2D eigenvalue weighted by Crippen LogP contribution is 2.39. The predicted molar refractivity (Wildman–Crippen MR) is 92.0 cm³/mol. The third-order valence-electron chi connectivity index (χ3n) is 4.83. The van der Waals surface area contributed by atoms with Crippen LogP contribution in [0, 0.1) is 0 Å². The summed E-state index contributed by atoms with van der Waals surface area (Å²) in [5, 5.41) is 0.984. The van der Waals surface area contributed by atoms with Gasteiger partial charge in [0.2, 0.25) is 0 Å². The van der Waals surface area contributed by atoms with Gasteiger partial charge in [0.1, 0.15) is 16.9 Å². The number of rotatable bonds is 3. The largest absolute Gasteiger partial charge is 0.494 e. The Labute approximate surface area is 135 Å². The first-order valence-corrected chi connectivity index (χ1v) is 8.38. The van der Waals surface area contributed by atoms with Crippen LogP contribution in [0.5, 0.6) is 0 Å². The van der Waals surface area contributed by atoms with Crippen LogP contribution in [0.3, 0.4) is 0 Å². The number of aryl methyl sites for hydroxylation is 2. The number of benzene rings is 1. The Balaban J connectivity index is 1.96. The molecule has 2 aromatic rings. The summed E-state index contributed by atoms with van der Waals surface area (Å²) in [6.45, 7) is 8.42. The molecule has 0 amide bonds. The van der Waals surface area contributed by atoms with Gasteiger partial charge in [0.15, 0.2) is 0 Å². The molecular weight excluding hydrogens is 290 g/mol. The Morgan fingerprint density at radius 3 is 2.87 bits per heavy atom. The Hall–Kier alpha value is -2.23. The average molecular weight is 311 g/mol. The molecule has 0 atom stereocenters. The first-order chi connectivity index (χ1) is 11.2. The zero-order chi connectivity index (χ0) is 16.0. The fraction of sp³-hybridized carbons (Fsp3) is 0.421. The maximum Gasteiger partial charge on any atom is 0.347 e. The van der Waals surface area contributed by atoms with Crippen LogP contribution in [0.1, 0.15) is 36.5 Å². The minimum absolute atomic E-state index is 0.361. The van der Waals surface area contributed by atoms with Crippen molar-refractivity contribution in [3.8, 4) is 0 Å². The molecule has 0 aliphatic carbocycles. The smallest absolute Gasteiger partial charge is 0.347 e. The van der Waals surface area contributed by atoms with Crippen molar-refractivity contribution >= 4 is 22.4 Å². The highest BCUT2D eigenvalue weighted by molar-refractivity contribution is 5.89. The van der Waals surface area contributed by atoms with Crippen molar-refractivity contribution in [1.82, 2.24) is 0 Å². The quantitative estimate of drug-likeness (QED) is 0.643. The number of hydrogen-bond donors (Lipinski definition) is 0. The van der Waals surface area contributed by atoms with Crippen LogP contribution in [0.25, 0.3) is 16.7 Å². The molecule has 4 heteroatoms. The maximum absolute atomic E-state index is 12.4. The number of hydrogen-bond acceptors (Lipinski definition) is 4. The van der Waals surface area contributed by atoms with E-state index in [-0.39, 0.29) is 5.63 Å². The highest BCUT2D eigenvalue weighted by atomic mass is 16.5. The van der Waals surface area contributed by atoms with E-state index in [1.165, 1.54) is 23.2 Å². The van der Waals surface area contributed by atoms with Gasteiger partial charge in [-0.3, -0.25) is 0 Å². The lowest BCUT2D eigenvalue weighted by molar-refractivity contribution is 0.297. The Bertz CT molecular complexity index is 848. The van der Waals surface area contributed by atoms with Crippen molar-refractivity contribution in [2.24, 2.45) is 0 Å². The second-order valence-electron chi connectivity index (χ2n) is 6.28. The SMILES string of the molecule is C=C(OCC)c1cc2cc3c4c(c2oc1=O)CCCN4CCC3. The molecule has 0 N–H and O–H groups in total. The third-order valence-corrected chi connectivity index (χ3v) is 4.83. The average Bonchev–Trinajstić information content (AvgIpc) is 2.56. The minimum Gasteiger partial charge on any atom is -0.494 e. The molecule has 0 fully saturated rings. The molecule has 0 saturated heterocycles. The van der Waals surface area contributed by atoms with E-state index in [2.05, 4.69) is 17.5 Å². The van der Waals surface area contributed by atoms with E-state index in [0.29, 0.717) is 17.9 Å². The summed E-state index contributed by atoms with van der Waals surface area (Å²) in [5.41, 5.74) is 4.70. The summed E-state index contributed by atoms with van der Waals surface area (Å²) < 4.78 is 11.1. The van der Waals surface area contributed by atoms with E-state index in [9.17, 15) is 4.79 Å². The molecule has 1 aromatic heterocycles. The fourth-order valence-electron chi connectivity index (χ4n) is 3.89. The Morgan fingerprint density at radius 2 is 2.09 bits per heavy atom. The molecule has 4 nitrogen and oxygen atoms in total. The molecule has 2 aliphatic rings. The molecule has 3 heterocycles. The van der Waals surface area contributed by atoms with Gasteiger partial charge < -0.3 is 14.1 Å². The fourth-order valence-corrected chi connectivity index (χ4v) is 3.89. The molecule has 1 aromatic carbocycles. The van der Waals surface area contributed by atoms with Crippen LogP contribution in [0.15, 0.2) is 27.9 Å². The molecular formula is C19H21NO3.